The fraction of sp³-hybridized carbons (Fsp3) is 0.235. The molecule has 0 radical (unpaired) electrons. The maximum absolute atomic E-state index is 11.6. The first-order chi connectivity index (χ1) is 10.2. The van der Waals surface area contributed by atoms with E-state index in [1.54, 1.807) is 24.3 Å². The highest BCUT2D eigenvalue weighted by Gasteiger charge is 2.02. The largest absolute Gasteiger partial charge is 0.508 e. The topological polar surface area (TPSA) is 58.6 Å². The normalized spacial score (nSPS) is 10.1. The van der Waals surface area contributed by atoms with Gasteiger partial charge in [0.25, 0.3) is 0 Å². The summed E-state index contributed by atoms with van der Waals surface area (Å²) in [6.45, 7) is 0.543. The van der Waals surface area contributed by atoms with E-state index in [1.807, 2.05) is 18.2 Å². The van der Waals surface area contributed by atoms with Crippen molar-refractivity contribution in [1.82, 2.24) is 0 Å². The van der Waals surface area contributed by atoms with Gasteiger partial charge in [0.05, 0.1) is 6.61 Å². The smallest absolute Gasteiger partial charge is 0.325 e. The van der Waals surface area contributed by atoms with Crippen molar-refractivity contribution in [3.05, 3.63) is 60.2 Å². The molecule has 0 aliphatic carbocycles. The molecular formula is C17H19NO3. The van der Waals surface area contributed by atoms with Gasteiger partial charge in [0.15, 0.2) is 0 Å². The highest BCUT2D eigenvalue weighted by Crippen LogP contribution is 2.13. The van der Waals surface area contributed by atoms with Crippen LogP contribution in [0.5, 0.6) is 5.75 Å². The van der Waals surface area contributed by atoms with Gasteiger partial charge in [-0.05, 0) is 42.7 Å². The second-order valence-electron chi connectivity index (χ2n) is 4.71. The molecule has 4 nitrogen and oxygen atoms in total. The van der Waals surface area contributed by atoms with E-state index in [4.69, 9.17) is 9.84 Å². The van der Waals surface area contributed by atoms with E-state index >= 15 is 0 Å². The molecule has 2 rings (SSSR count). The molecule has 0 aromatic heterocycles. The lowest BCUT2D eigenvalue weighted by Crippen LogP contribution is -2.17. The molecule has 0 amide bonds. The van der Waals surface area contributed by atoms with Crippen LogP contribution in [0.4, 0.5) is 5.69 Å². The first-order valence-electron chi connectivity index (χ1n) is 6.96. The molecule has 0 saturated carbocycles. The number of ether oxygens (including phenoxy) is 1. The van der Waals surface area contributed by atoms with Crippen molar-refractivity contribution in [2.75, 3.05) is 18.5 Å². The van der Waals surface area contributed by atoms with Crippen molar-refractivity contribution < 1.29 is 14.6 Å². The summed E-state index contributed by atoms with van der Waals surface area (Å²) in [6, 6.07) is 16.7. The maximum atomic E-state index is 11.6. The number of anilines is 1. The summed E-state index contributed by atoms with van der Waals surface area (Å²) >= 11 is 0. The van der Waals surface area contributed by atoms with Crippen molar-refractivity contribution in [3.8, 4) is 5.75 Å². The molecule has 2 aromatic carbocycles. The highest BCUT2D eigenvalue weighted by molar-refractivity contribution is 5.75. The van der Waals surface area contributed by atoms with E-state index in [-0.39, 0.29) is 18.3 Å². The summed E-state index contributed by atoms with van der Waals surface area (Å²) in [5.41, 5.74) is 2.02. The number of hydrogen-bond donors (Lipinski definition) is 2. The Bertz CT molecular complexity index is 552. The average Bonchev–Trinajstić information content (AvgIpc) is 2.52. The molecule has 0 aliphatic rings. The minimum Gasteiger partial charge on any atom is -0.508 e. The standard InChI is InChI=1S/C17H19NO3/c19-16-10-8-15(9-11-16)18-13-17(20)21-12-4-7-14-5-2-1-3-6-14/h1-3,5-6,8-11,18-19H,4,7,12-13H2. The Hall–Kier alpha value is -2.49. The number of nitrogens with one attached hydrogen (secondary N) is 1. The number of rotatable bonds is 7. The predicted molar refractivity (Wildman–Crippen MR) is 82.3 cm³/mol. The van der Waals surface area contributed by atoms with Crippen LogP contribution in [0.25, 0.3) is 0 Å². The molecule has 0 bridgehead atoms. The Kier molecular flexibility index (Phi) is 5.64. The number of hydrogen-bond acceptors (Lipinski definition) is 4. The van der Waals surface area contributed by atoms with E-state index in [9.17, 15) is 4.79 Å². The highest BCUT2D eigenvalue weighted by atomic mass is 16.5. The summed E-state index contributed by atoms with van der Waals surface area (Å²) in [7, 11) is 0. The number of benzene rings is 2. The molecule has 21 heavy (non-hydrogen) atoms. The van der Waals surface area contributed by atoms with Crippen LogP contribution in [0.3, 0.4) is 0 Å². The molecule has 2 N–H and O–H groups in total. The van der Waals surface area contributed by atoms with Crippen LogP contribution in [-0.2, 0) is 16.0 Å². The second kappa shape index (κ2) is 7.94. The van der Waals surface area contributed by atoms with Gasteiger partial charge in [0, 0.05) is 5.69 Å². The number of aryl methyl sites for hydroxylation is 1. The van der Waals surface area contributed by atoms with Crippen LogP contribution in [0, 0.1) is 0 Å². The Balaban J connectivity index is 1.60. The zero-order valence-corrected chi connectivity index (χ0v) is 11.8. The summed E-state index contributed by atoms with van der Waals surface area (Å²) in [4.78, 5) is 11.6. The van der Waals surface area contributed by atoms with Crippen molar-refractivity contribution in [2.45, 2.75) is 12.8 Å². The first kappa shape index (κ1) is 14.9. The Labute approximate surface area is 124 Å². The van der Waals surface area contributed by atoms with Gasteiger partial charge in [0.1, 0.15) is 12.3 Å². The Morgan fingerprint density at radius 2 is 1.76 bits per heavy atom. The van der Waals surface area contributed by atoms with Crippen LogP contribution in [0.15, 0.2) is 54.6 Å². The third-order valence-electron chi connectivity index (χ3n) is 3.02. The molecule has 0 heterocycles. The summed E-state index contributed by atoms with van der Waals surface area (Å²) < 4.78 is 5.16. The summed E-state index contributed by atoms with van der Waals surface area (Å²) in [6.07, 6.45) is 1.72. The lowest BCUT2D eigenvalue weighted by atomic mass is 10.1. The zero-order chi connectivity index (χ0) is 14.9. The van der Waals surface area contributed by atoms with E-state index in [1.165, 1.54) is 5.56 Å². The van der Waals surface area contributed by atoms with Crippen LogP contribution in [0.2, 0.25) is 0 Å². The van der Waals surface area contributed by atoms with Crippen molar-refractivity contribution in [1.29, 1.82) is 0 Å². The average molecular weight is 285 g/mol. The second-order valence-corrected chi connectivity index (χ2v) is 4.71. The number of aromatic hydroxyl groups is 1. The first-order valence-corrected chi connectivity index (χ1v) is 6.96. The van der Waals surface area contributed by atoms with Crippen molar-refractivity contribution >= 4 is 11.7 Å². The van der Waals surface area contributed by atoms with Gasteiger partial charge in [-0.15, -0.1) is 0 Å². The predicted octanol–water partition coefficient (Wildman–Crippen LogP) is 2.98. The van der Waals surface area contributed by atoms with Crippen LogP contribution in [-0.4, -0.2) is 24.2 Å². The van der Waals surface area contributed by atoms with E-state index in [0.29, 0.717) is 6.61 Å². The van der Waals surface area contributed by atoms with Gasteiger partial charge in [-0.25, -0.2) is 0 Å². The Morgan fingerprint density at radius 3 is 2.48 bits per heavy atom. The van der Waals surface area contributed by atoms with Gasteiger partial charge >= 0.3 is 5.97 Å². The number of carbonyl (C=O) groups is 1. The molecule has 2 aromatic rings. The number of carbonyl (C=O) groups excluding carboxylic acids is 1. The van der Waals surface area contributed by atoms with Gasteiger partial charge in [-0.1, -0.05) is 30.3 Å². The summed E-state index contributed by atoms with van der Waals surface area (Å²) in [5.74, 6) is -0.0832. The fourth-order valence-electron chi connectivity index (χ4n) is 1.91. The lowest BCUT2D eigenvalue weighted by molar-refractivity contribution is -0.141. The molecule has 110 valence electrons. The molecule has 4 heteroatoms. The monoisotopic (exact) mass is 285 g/mol. The van der Waals surface area contributed by atoms with E-state index in [0.717, 1.165) is 18.5 Å². The van der Waals surface area contributed by atoms with Gasteiger partial charge in [-0.2, -0.15) is 0 Å². The minimum atomic E-state index is -0.281. The Morgan fingerprint density at radius 1 is 1.05 bits per heavy atom. The third-order valence-corrected chi connectivity index (χ3v) is 3.02. The fourth-order valence-corrected chi connectivity index (χ4v) is 1.91. The number of phenolic OH excluding ortho intramolecular Hbond substituents is 1. The number of esters is 1. The van der Waals surface area contributed by atoms with Gasteiger partial charge in [0.2, 0.25) is 0 Å². The number of phenols is 1. The van der Waals surface area contributed by atoms with E-state index < -0.39 is 0 Å². The molecule has 0 saturated heterocycles. The van der Waals surface area contributed by atoms with Gasteiger partial charge in [-0.3, -0.25) is 4.79 Å². The van der Waals surface area contributed by atoms with E-state index in [2.05, 4.69) is 17.4 Å². The molecular weight excluding hydrogens is 266 g/mol. The van der Waals surface area contributed by atoms with Crippen molar-refractivity contribution in [2.24, 2.45) is 0 Å². The van der Waals surface area contributed by atoms with Crippen molar-refractivity contribution in [3.63, 3.8) is 0 Å². The molecule has 0 atom stereocenters. The van der Waals surface area contributed by atoms with Crippen LogP contribution < -0.4 is 5.32 Å². The molecule has 0 unspecified atom stereocenters. The zero-order valence-electron chi connectivity index (χ0n) is 11.8. The third kappa shape index (κ3) is 5.57. The van der Waals surface area contributed by atoms with Crippen LogP contribution >= 0.6 is 0 Å². The maximum Gasteiger partial charge on any atom is 0.325 e. The van der Waals surface area contributed by atoms with Crippen LogP contribution in [0.1, 0.15) is 12.0 Å². The molecule has 0 aliphatic heterocycles. The molecule has 0 fully saturated rings. The quantitative estimate of drug-likeness (QED) is 0.466. The SMILES string of the molecule is O=C(CNc1ccc(O)cc1)OCCCc1ccccc1. The lowest BCUT2D eigenvalue weighted by Gasteiger charge is -2.07. The summed E-state index contributed by atoms with van der Waals surface area (Å²) in [5, 5.41) is 12.1. The molecule has 0 spiro atoms. The minimum absolute atomic E-state index is 0.121. The van der Waals surface area contributed by atoms with Gasteiger partial charge < -0.3 is 15.2 Å².